The molecule has 88 valence electrons. The molecule has 1 aliphatic rings. The summed E-state index contributed by atoms with van der Waals surface area (Å²) in [4.78, 5) is 10.9. The summed E-state index contributed by atoms with van der Waals surface area (Å²) in [6, 6.07) is 1.97. The van der Waals surface area contributed by atoms with Crippen LogP contribution in [-0.2, 0) is 0 Å². The fourth-order valence-corrected chi connectivity index (χ4v) is 2.34. The number of hydrogen-bond donors (Lipinski definition) is 1. The van der Waals surface area contributed by atoms with Gasteiger partial charge in [0.05, 0.1) is 0 Å². The number of thioether (sulfide) groups is 1. The molecule has 4 nitrogen and oxygen atoms in total. The number of hydrogen-bond acceptors (Lipinski definition) is 5. The SMILES string of the molecule is CSc1nccc(N(C)CC2CCNC2)n1. The lowest BCUT2D eigenvalue weighted by Gasteiger charge is -2.21. The third-order valence-electron chi connectivity index (χ3n) is 2.89. The number of rotatable bonds is 4. The quantitative estimate of drug-likeness (QED) is 0.631. The van der Waals surface area contributed by atoms with Gasteiger partial charge in [0.2, 0.25) is 0 Å². The molecule has 0 spiro atoms. The predicted octanol–water partition coefficient (Wildman–Crippen LogP) is 1.24. The van der Waals surface area contributed by atoms with E-state index in [4.69, 9.17) is 0 Å². The van der Waals surface area contributed by atoms with Crippen molar-refractivity contribution in [3.8, 4) is 0 Å². The van der Waals surface area contributed by atoms with Crippen molar-refractivity contribution in [3.05, 3.63) is 12.3 Å². The number of nitrogens with one attached hydrogen (secondary N) is 1. The van der Waals surface area contributed by atoms with Crippen LogP contribution in [0.4, 0.5) is 5.82 Å². The molecular formula is C11H18N4S. The summed E-state index contributed by atoms with van der Waals surface area (Å²) < 4.78 is 0. The van der Waals surface area contributed by atoms with Crippen molar-refractivity contribution >= 4 is 17.6 Å². The summed E-state index contributed by atoms with van der Waals surface area (Å²) in [5.74, 6) is 1.77. The zero-order valence-corrected chi connectivity index (χ0v) is 10.6. The smallest absolute Gasteiger partial charge is 0.189 e. The second-order valence-corrected chi connectivity index (χ2v) is 4.91. The van der Waals surface area contributed by atoms with Crippen LogP contribution in [0.2, 0.25) is 0 Å². The lowest BCUT2D eigenvalue weighted by atomic mass is 10.1. The summed E-state index contributed by atoms with van der Waals surface area (Å²) in [7, 11) is 2.10. The van der Waals surface area contributed by atoms with Crippen LogP contribution in [0.25, 0.3) is 0 Å². The van der Waals surface area contributed by atoms with E-state index in [-0.39, 0.29) is 0 Å². The van der Waals surface area contributed by atoms with Crippen molar-refractivity contribution in [1.29, 1.82) is 0 Å². The van der Waals surface area contributed by atoms with E-state index in [0.717, 1.165) is 36.5 Å². The van der Waals surface area contributed by atoms with Gasteiger partial charge in [0.15, 0.2) is 5.16 Å². The monoisotopic (exact) mass is 238 g/mol. The lowest BCUT2D eigenvalue weighted by Crippen LogP contribution is -2.27. The van der Waals surface area contributed by atoms with E-state index in [9.17, 15) is 0 Å². The van der Waals surface area contributed by atoms with E-state index in [1.165, 1.54) is 6.42 Å². The Kier molecular flexibility index (Phi) is 4.01. The van der Waals surface area contributed by atoms with Gasteiger partial charge in [-0.15, -0.1) is 0 Å². The van der Waals surface area contributed by atoms with E-state index in [0.29, 0.717) is 0 Å². The number of anilines is 1. The molecule has 1 aromatic rings. The molecule has 1 atom stereocenters. The second-order valence-electron chi connectivity index (χ2n) is 4.14. The molecule has 1 fully saturated rings. The Labute approximate surface area is 101 Å². The lowest BCUT2D eigenvalue weighted by molar-refractivity contribution is 0.574. The van der Waals surface area contributed by atoms with Crippen LogP contribution in [0.3, 0.4) is 0 Å². The molecule has 1 aliphatic heterocycles. The average Bonchev–Trinajstić information content (AvgIpc) is 2.82. The zero-order chi connectivity index (χ0) is 11.4. The van der Waals surface area contributed by atoms with Crippen molar-refractivity contribution in [2.75, 3.05) is 37.8 Å². The first-order valence-corrected chi connectivity index (χ1v) is 6.81. The highest BCUT2D eigenvalue weighted by Crippen LogP contribution is 2.16. The fourth-order valence-electron chi connectivity index (χ4n) is 1.99. The molecule has 1 unspecified atom stereocenters. The van der Waals surface area contributed by atoms with Gasteiger partial charge in [0, 0.05) is 19.8 Å². The first-order valence-electron chi connectivity index (χ1n) is 5.58. The highest BCUT2D eigenvalue weighted by atomic mass is 32.2. The third kappa shape index (κ3) is 2.86. The van der Waals surface area contributed by atoms with E-state index in [2.05, 4.69) is 27.2 Å². The normalized spacial score (nSPS) is 20.0. The van der Waals surface area contributed by atoms with Crippen molar-refractivity contribution in [3.63, 3.8) is 0 Å². The van der Waals surface area contributed by atoms with Crippen molar-refractivity contribution in [2.24, 2.45) is 5.92 Å². The van der Waals surface area contributed by atoms with Crippen molar-refractivity contribution < 1.29 is 0 Å². The molecular weight excluding hydrogens is 220 g/mol. The molecule has 0 aliphatic carbocycles. The fraction of sp³-hybridized carbons (Fsp3) is 0.636. The van der Waals surface area contributed by atoms with Crippen LogP contribution in [0.1, 0.15) is 6.42 Å². The van der Waals surface area contributed by atoms with E-state index in [1.807, 2.05) is 18.5 Å². The van der Waals surface area contributed by atoms with Gasteiger partial charge in [-0.05, 0) is 37.8 Å². The van der Waals surface area contributed by atoms with Crippen LogP contribution in [0.5, 0.6) is 0 Å². The molecule has 1 N–H and O–H groups in total. The minimum absolute atomic E-state index is 0.748. The van der Waals surface area contributed by atoms with E-state index >= 15 is 0 Å². The van der Waals surface area contributed by atoms with Crippen LogP contribution in [0, 0.1) is 5.92 Å². The zero-order valence-electron chi connectivity index (χ0n) is 9.81. The molecule has 0 saturated carbocycles. The van der Waals surface area contributed by atoms with E-state index < -0.39 is 0 Å². The van der Waals surface area contributed by atoms with Gasteiger partial charge in [0.1, 0.15) is 5.82 Å². The molecule has 0 aromatic carbocycles. The van der Waals surface area contributed by atoms with Gasteiger partial charge in [0.25, 0.3) is 0 Å². The van der Waals surface area contributed by atoms with Gasteiger partial charge in [-0.2, -0.15) is 0 Å². The topological polar surface area (TPSA) is 41.1 Å². The Balaban J connectivity index is 1.98. The van der Waals surface area contributed by atoms with E-state index in [1.54, 1.807) is 11.8 Å². The van der Waals surface area contributed by atoms with Gasteiger partial charge in [-0.1, -0.05) is 11.8 Å². The summed E-state index contributed by atoms with van der Waals surface area (Å²) in [5.41, 5.74) is 0. The number of nitrogens with zero attached hydrogens (tertiary/aromatic N) is 3. The first-order chi connectivity index (χ1) is 7.79. The molecule has 2 rings (SSSR count). The van der Waals surface area contributed by atoms with Gasteiger partial charge < -0.3 is 10.2 Å². The molecule has 5 heteroatoms. The maximum absolute atomic E-state index is 4.49. The highest BCUT2D eigenvalue weighted by Gasteiger charge is 2.17. The summed E-state index contributed by atoms with van der Waals surface area (Å²) in [5, 5.41) is 4.23. The molecule has 1 aromatic heterocycles. The Morgan fingerprint density at radius 1 is 1.62 bits per heavy atom. The molecule has 0 amide bonds. The van der Waals surface area contributed by atoms with Crippen LogP contribution in [0.15, 0.2) is 17.4 Å². The molecule has 0 radical (unpaired) electrons. The van der Waals surface area contributed by atoms with Gasteiger partial charge >= 0.3 is 0 Å². The van der Waals surface area contributed by atoms with Gasteiger partial charge in [-0.25, -0.2) is 9.97 Å². The van der Waals surface area contributed by atoms with Gasteiger partial charge in [-0.3, -0.25) is 0 Å². The Morgan fingerprint density at radius 3 is 3.19 bits per heavy atom. The standard InChI is InChI=1S/C11H18N4S/c1-15(8-9-3-5-12-7-9)10-4-6-13-11(14-10)16-2/h4,6,9,12H,3,5,7-8H2,1-2H3. The largest absolute Gasteiger partial charge is 0.359 e. The minimum Gasteiger partial charge on any atom is -0.359 e. The molecule has 16 heavy (non-hydrogen) atoms. The van der Waals surface area contributed by atoms with Crippen molar-refractivity contribution in [2.45, 2.75) is 11.6 Å². The Hall–Kier alpha value is -0.810. The van der Waals surface area contributed by atoms with Crippen LogP contribution >= 0.6 is 11.8 Å². The highest BCUT2D eigenvalue weighted by molar-refractivity contribution is 7.98. The molecule has 2 heterocycles. The molecule has 0 bridgehead atoms. The summed E-state index contributed by atoms with van der Waals surface area (Å²) >= 11 is 1.58. The maximum atomic E-state index is 4.49. The average molecular weight is 238 g/mol. The summed E-state index contributed by atoms with van der Waals surface area (Å²) in [6.07, 6.45) is 5.10. The maximum Gasteiger partial charge on any atom is 0.189 e. The Morgan fingerprint density at radius 2 is 2.50 bits per heavy atom. The van der Waals surface area contributed by atoms with Crippen LogP contribution in [-0.4, -0.2) is 42.9 Å². The molecule has 1 saturated heterocycles. The minimum atomic E-state index is 0.748. The third-order valence-corrected chi connectivity index (χ3v) is 3.45. The number of aromatic nitrogens is 2. The van der Waals surface area contributed by atoms with Crippen molar-refractivity contribution in [1.82, 2.24) is 15.3 Å². The summed E-state index contributed by atoms with van der Waals surface area (Å²) in [6.45, 7) is 3.35. The first kappa shape index (κ1) is 11.7. The predicted molar refractivity (Wildman–Crippen MR) is 68.1 cm³/mol. The second kappa shape index (κ2) is 5.50. The van der Waals surface area contributed by atoms with Crippen LogP contribution < -0.4 is 10.2 Å². The Bertz CT molecular complexity index is 339.